The lowest BCUT2D eigenvalue weighted by atomic mass is 10.4. The van der Waals surface area contributed by atoms with Crippen LogP contribution in [-0.2, 0) is 10.0 Å². The molecule has 0 fully saturated rings. The Kier molecular flexibility index (Phi) is 5.96. The molecule has 2 amide bonds. The Morgan fingerprint density at radius 3 is 2.70 bits per heavy atom. The molecule has 0 saturated heterocycles. The maximum absolute atomic E-state index is 11.5. The average Bonchev–Trinajstić information content (AvgIpc) is 2.73. The summed E-state index contributed by atoms with van der Waals surface area (Å²) in [5.74, 6) is 0.943. The van der Waals surface area contributed by atoms with Crippen molar-refractivity contribution in [2.75, 3.05) is 31.2 Å². The van der Waals surface area contributed by atoms with Crippen molar-refractivity contribution in [3.8, 4) is 0 Å². The maximum atomic E-state index is 11.5. The molecule has 0 radical (unpaired) electrons. The van der Waals surface area contributed by atoms with Gasteiger partial charge in [-0.25, -0.2) is 17.5 Å². The van der Waals surface area contributed by atoms with E-state index >= 15 is 0 Å². The summed E-state index contributed by atoms with van der Waals surface area (Å²) in [6.07, 6.45) is 1.70. The van der Waals surface area contributed by atoms with Crippen LogP contribution in [0.5, 0.6) is 0 Å². The summed E-state index contributed by atoms with van der Waals surface area (Å²) < 4.78 is 28.8. The van der Waals surface area contributed by atoms with Crippen molar-refractivity contribution in [2.45, 2.75) is 20.3 Å². The maximum Gasteiger partial charge on any atom is 0.320 e. The second-order valence-corrected chi connectivity index (χ2v) is 6.29. The number of anilines is 1. The Balaban J connectivity index is 2.25. The molecule has 9 heteroatoms. The fraction of sp³-hybridized carbons (Fsp3) is 0.636. The first-order valence-electron chi connectivity index (χ1n) is 6.26. The van der Waals surface area contributed by atoms with E-state index in [2.05, 4.69) is 15.8 Å². The molecule has 0 saturated carbocycles. The predicted molar refractivity (Wildman–Crippen MR) is 75.0 cm³/mol. The molecule has 1 rings (SSSR count). The first-order valence-corrected chi connectivity index (χ1v) is 8.11. The Morgan fingerprint density at radius 1 is 1.50 bits per heavy atom. The lowest BCUT2D eigenvalue weighted by Crippen LogP contribution is -2.34. The van der Waals surface area contributed by atoms with Gasteiger partial charge in [-0.3, -0.25) is 5.32 Å². The van der Waals surface area contributed by atoms with E-state index in [1.165, 1.54) is 10.6 Å². The number of urea groups is 1. The van der Waals surface area contributed by atoms with Crippen LogP contribution >= 0.6 is 0 Å². The van der Waals surface area contributed by atoms with Crippen LogP contribution in [0.4, 0.5) is 10.6 Å². The van der Waals surface area contributed by atoms with Crippen LogP contribution in [0.1, 0.15) is 19.1 Å². The molecule has 2 N–H and O–H groups in total. The largest absolute Gasteiger partial charge is 0.360 e. The second-order valence-electron chi connectivity index (χ2n) is 4.31. The second kappa shape index (κ2) is 7.25. The van der Waals surface area contributed by atoms with Crippen LogP contribution in [0.2, 0.25) is 0 Å². The predicted octanol–water partition coefficient (Wildman–Crippen LogP) is 0.776. The minimum Gasteiger partial charge on any atom is -0.360 e. The van der Waals surface area contributed by atoms with Crippen molar-refractivity contribution in [3.63, 3.8) is 0 Å². The van der Waals surface area contributed by atoms with Gasteiger partial charge in [0.25, 0.3) is 0 Å². The Labute approximate surface area is 118 Å². The number of sulfonamides is 1. The summed E-state index contributed by atoms with van der Waals surface area (Å²) in [7, 11) is -3.18. The molecule has 0 spiro atoms. The number of carbonyl (C=O) groups is 1. The number of aryl methyl sites for hydroxylation is 1. The Morgan fingerprint density at radius 2 is 2.20 bits per heavy atom. The number of carbonyl (C=O) groups excluding carboxylic acids is 1. The number of aromatic nitrogens is 1. The minimum absolute atomic E-state index is 0.339. The molecule has 0 bridgehead atoms. The summed E-state index contributed by atoms with van der Waals surface area (Å²) >= 11 is 0. The van der Waals surface area contributed by atoms with Crippen molar-refractivity contribution >= 4 is 21.9 Å². The first kappa shape index (κ1) is 16.4. The molecule has 114 valence electrons. The number of nitrogens with one attached hydrogen (secondary N) is 2. The molecule has 8 nitrogen and oxygen atoms in total. The lowest BCUT2D eigenvalue weighted by Gasteiger charge is -2.17. The SMILES string of the molecule is CCN(CCCNC(=O)Nc1cc(C)on1)S(C)(=O)=O. The van der Waals surface area contributed by atoms with Crippen LogP contribution in [-0.4, -0.2) is 49.8 Å². The highest BCUT2D eigenvalue weighted by molar-refractivity contribution is 7.88. The van der Waals surface area contributed by atoms with Gasteiger partial charge in [-0.1, -0.05) is 12.1 Å². The van der Waals surface area contributed by atoms with Crippen molar-refractivity contribution < 1.29 is 17.7 Å². The number of amides is 2. The quantitative estimate of drug-likeness (QED) is 0.724. The summed E-state index contributed by atoms with van der Waals surface area (Å²) in [5, 5.41) is 8.75. The molecule has 20 heavy (non-hydrogen) atoms. The van der Waals surface area contributed by atoms with Crippen molar-refractivity contribution in [2.24, 2.45) is 0 Å². The molecule has 0 atom stereocenters. The van der Waals surface area contributed by atoms with Gasteiger partial charge >= 0.3 is 6.03 Å². The van der Waals surface area contributed by atoms with Gasteiger partial charge in [0.15, 0.2) is 5.82 Å². The summed E-state index contributed by atoms with van der Waals surface area (Å²) in [6, 6.07) is 1.20. The van der Waals surface area contributed by atoms with Crippen LogP contribution < -0.4 is 10.6 Å². The third kappa shape index (κ3) is 5.57. The van der Waals surface area contributed by atoms with Crippen LogP contribution in [0.15, 0.2) is 10.6 Å². The zero-order chi connectivity index (χ0) is 15.2. The molecule has 0 unspecified atom stereocenters. The van der Waals surface area contributed by atoms with Gasteiger partial charge in [0.05, 0.1) is 6.26 Å². The number of nitrogens with zero attached hydrogens (tertiary/aromatic N) is 2. The van der Waals surface area contributed by atoms with Gasteiger partial charge < -0.3 is 9.84 Å². The van der Waals surface area contributed by atoms with E-state index in [1.54, 1.807) is 19.9 Å². The molecule has 0 aromatic carbocycles. The normalized spacial score (nSPS) is 11.6. The van der Waals surface area contributed by atoms with E-state index in [-0.39, 0.29) is 0 Å². The molecule has 1 aromatic rings. The van der Waals surface area contributed by atoms with E-state index < -0.39 is 16.1 Å². The standard InChI is InChI=1S/C11H20N4O4S/c1-4-15(20(3,17)18)7-5-6-12-11(16)13-10-8-9(2)19-14-10/h8H,4-7H2,1-3H3,(H2,12,13,14,16). The van der Waals surface area contributed by atoms with Gasteiger partial charge in [0.1, 0.15) is 5.76 Å². The highest BCUT2D eigenvalue weighted by atomic mass is 32.2. The van der Waals surface area contributed by atoms with Gasteiger partial charge in [0.2, 0.25) is 10.0 Å². The van der Waals surface area contributed by atoms with Gasteiger partial charge in [-0.05, 0) is 13.3 Å². The fourth-order valence-corrected chi connectivity index (χ4v) is 2.53. The van der Waals surface area contributed by atoms with Crippen LogP contribution in [0.25, 0.3) is 0 Å². The number of hydrogen-bond donors (Lipinski definition) is 2. The summed E-state index contributed by atoms with van der Waals surface area (Å²) in [5.41, 5.74) is 0. The highest BCUT2D eigenvalue weighted by Gasteiger charge is 2.13. The van der Waals surface area contributed by atoms with Crippen molar-refractivity contribution in [3.05, 3.63) is 11.8 Å². The van der Waals surface area contributed by atoms with Gasteiger partial charge in [-0.15, -0.1) is 0 Å². The van der Waals surface area contributed by atoms with E-state index in [4.69, 9.17) is 4.52 Å². The van der Waals surface area contributed by atoms with Gasteiger partial charge in [-0.2, -0.15) is 0 Å². The fourth-order valence-electron chi connectivity index (χ4n) is 1.60. The third-order valence-corrected chi connectivity index (χ3v) is 3.94. The van der Waals surface area contributed by atoms with E-state index in [0.717, 1.165) is 0 Å². The molecule has 0 aliphatic heterocycles. The molecule has 0 aliphatic carbocycles. The molecule has 1 heterocycles. The van der Waals surface area contributed by atoms with Crippen LogP contribution in [0.3, 0.4) is 0 Å². The summed E-state index contributed by atoms with van der Waals surface area (Å²) in [6.45, 7) is 4.66. The van der Waals surface area contributed by atoms with E-state index in [0.29, 0.717) is 37.6 Å². The van der Waals surface area contributed by atoms with E-state index in [1.807, 2.05) is 0 Å². The zero-order valence-corrected chi connectivity index (χ0v) is 12.7. The molecule has 0 aliphatic rings. The topological polar surface area (TPSA) is 105 Å². The monoisotopic (exact) mass is 304 g/mol. The van der Waals surface area contributed by atoms with Crippen molar-refractivity contribution in [1.82, 2.24) is 14.8 Å². The smallest absolute Gasteiger partial charge is 0.320 e. The number of rotatable bonds is 7. The molecule has 1 aromatic heterocycles. The zero-order valence-electron chi connectivity index (χ0n) is 11.8. The lowest BCUT2D eigenvalue weighted by molar-refractivity contribution is 0.251. The average molecular weight is 304 g/mol. The minimum atomic E-state index is -3.18. The summed E-state index contributed by atoms with van der Waals surface area (Å²) in [4.78, 5) is 11.5. The highest BCUT2D eigenvalue weighted by Crippen LogP contribution is 2.06. The first-order chi connectivity index (χ1) is 9.32. The Bertz CT molecular complexity index is 540. The van der Waals surface area contributed by atoms with Gasteiger partial charge in [0, 0.05) is 25.7 Å². The van der Waals surface area contributed by atoms with Crippen LogP contribution in [0, 0.1) is 6.92 Å². The molecular weight excluding hydrogens is 284 g/mol. The molecular formula is C11H20N4O4S. The van der Waals surface area contributed by atoms with Crippen molar-refractivity contribution in [1.29, 1.82) is 0 Å². The Hall–Kier alpha value is -1.61. The van der Waals surface area contributed by atoms with E-state index in [9.17, 15) is 13.2 Å². The third-order valence-electron chi connectivity index (χ3n) is 2.56. The number of hydrogen-bond acceptors (Lipinski definition) is 5.